The van der Waals surface area contributed by atoms with E-state index in [1.165, 1.54) is 28.0 Å². The van der Waals surface area contributed by atoms with E-state index in [1.54, 1.807) is 28.0 Å². The molecule has 0 aliphatic carbocycles. The van der Waals surface area contributed by atoms with E-state index in [1.807, 2.05) is 0 Å². The predicted octanol–water partition coefficient (Wildman–Crippen LogP) is 3.11. The summed E-state index contributed by atoms with van der Waals surface area (Å²) in [6, 6.07) is 8.69. The summed E-state index contributed by atoms with van der Waals surface area (Å²) in [5, 5.41) is 2.34. The van der Waals surface area contributed by atoms with Gasteiger partial charge in [0.05, 0.1) is 65.4 Å². The molecule has 300 valence electrons. The van der Waals surface area contributed by atoms with Crippen LogP contribution in [0.4, 0.5) is 49.9 Å². The molecule has 22 heteroatoms. The normalized spacial score (nSPS) is 22.3. The van der Waals surface area contributed by atoms with Crippen molar-refractivity contribution >= 4 is 84.2 Å². The second-order valence-electron chi connectivity index (χ2n) is 12.8. The summed E-state index contributed by atoms with van der Waals surface area (Å²) in [5.74, 6) is -0.894. The number of alkyl halides is 2. The maximum Gasteiger partial charge on any atom is 0.414 e. The van der Waals surface area contributed by atoms with Crippen molar-refractivity contribution in [1.82, 2.24) is 5.32 Å². The van der Waals surface area contributed by atoms with Crippen molar-refractivity contribution in [2.75, 3.05) is 95.0 Å². The second-order valence-corrected chi connectivity index (χ2v) is 17.8. The van der Waals surface area contributed by atoms with Crippen LogP contribution >= 0.6 is 24.6 Å². The number of sulfone groups is 2. The molecule has 2 atom stereocenters. The van der Waals surface area contributed by atoms with Gasteiger partial charge in [0, 0.05) is 32.7 Å². The zero-order valence-electron chi connectivity index (χ0n) is 28.9. The van der Waals surface area contributed by atoms with Gasteiger partial charge in [0.25, 0.3) is 6.43 Å². The lowest BCUT2D eigenvalue weighted by atomic mass is 10.2. The first-order valence-electron chi connectivity index (χ1n) is 16.8. The van der Waals surface area contributed by atoms with Crippen LogP contribution < -0.4 is 30.7 Å². The molecule has 2 amide bonds. The number of rotatable bonds is 8. The Balaban J connectivity index is 0.000000240. The number of benzene rings is 2. The van der Waals surface area contributed by atoms with Crippen LogP contribution in [0.1, 0.15) is 12.8 Å². The van der Waals surface area contributed by atoms with Crippen molar-refractivity contribution in [3.63, 3.8) is 0 Å². The van der Waals surface area contributed by atoms with E-state index in [-0.39, 0.29) is 86.1 Å². The number of carbonyl (C=O) groups is 2. The van der Waals surface area contributed by atoms with Crippen LogP contribution in [0.2, 0.25) is 0 Å². The molecule has 0 spiro atoms. The Morgan fingerprint density at radius 2 is 1.22 bits per heavy atom. The number of hydrogen-bond donors (Lipinski definition) is 2. The van der Waals surface area contributed by atoms with Gasteiger partial charge in [-0.1, -0.05) is 12.2 Å². The highest BCUT2D eigenvalue weighted by Gasteiger charge is 2.34. The molecule has 4 aliphatic heterocycles. The molecule has 4 fully saturated rings. The Kier molecular flexibility index (Phi) is 14.6. The summed E-state index contributed by atoms with van der Waals surface area (Å²) in [7, 11) is -6.18. The van der Waals surface area contributed by atoms with Crippen LogP contribution in [0.3, 0.4) is 0 Å². The summed E-state index contributed by atoms with van der Waals surface area (Å²) in [6.07, 6.45) is -4.27. The summed E-state index contributed by atoms with van der Waals surface area (Å²) in [6.45, 7) is 1.84. The van der Waals surface area contributed by atoms with Gasteiger partial charge in [-0.25, -0.2) is 44.0 Å². The Bertz CT molecular complexity index is 1920. The zero-order chi connectivity index (χ0) is 38.5. The van der Waals surface area contributed by atoms with Gasteiger partial charge >= 0.3 is 12.2 Å². The minimum atomic E-state index is -3.12. The van der Waals surface area contributed by atoms with Crippen molar-refractivity contribution in [2.45, 2.75) is 31.5 Å². The van der Waals surface area contributed by atoms with Gasteiger partial charge in [-0.05, 0) is 49.2 Å². The molecule has 2 aromatic carbocycles. The van der Waals surface area contributed by atoms with Gasteiger partial charge in [-0.3, -0.25) is 9.80 Å². The Morgan fingerprint density at radius 3 is 1.63 bits per heavy atom. The summed E-state index contributed by atoms with van der Waals surface area (Å²) >= 11 is 4.48. The molecule has 4 saturated heterocycles. The maximum absolute atomic E-state index is 14.7. The minimum absolute atomic E-state index is 0. The summed E-state index contributed by atoms with van der Waals surface area (Å²) < 4.78 is 111. The van der Waals surface area contributed by atoms with Gasteiger partial charge in [-0.15, -0.1) is 12.4 Å². The van der Waals surface area contributed by atoms with E-state index in [0.29, 0.717) is 37.3 Å². The van der Waals surface area contributed by atoms with E-state index in [9.17, 15) is 44.0 Å². The molecule has 3 N–H and O–H groups in total. The standard InChI is InChI=1S/C17H20F3N3O4S2.C15H20FN3O4S.ClH/c18-13-8-11(2-3-14(13)22-4-1-6-29(25,26)7-5-22)23-10-12(27-17(23)24)9-21-16(28)15(19)20;16-13-8-11(19-10-12(9-17)23-15(19)20)2-3-14(13)18-4-1-6-24(21,22)7-5-18;/h2-3,8,12,15H,1,4-7,9-10H2,(H,21,28);2-3,8,12H,1,4-7,9-10,17H2;1H/t2*12-;/m00./s1. The van der Waals surface area contributed by atoms with E-state index < -0.39 is 67.1 Å². The molecule has 4 heterocycles. The van der Waals surface area contributed by atoms with Crippen LogP contribution in [0.15, 0.2) is 36.4 Å². The zero-order valence-corrected chi connectivity index (χ0v) is 32.1. The third kappa shape index (κ3) is 11.0. The molecule has 54 heavy (non-hydrogen) atoms. The topological polar surface area (TPSA) is 172 Å². The van der Waals surface area contributed by atoms with E-state index in [0.717, 1.165) is 0 Å². The minimum Gasteiger partial charge on any atom is -0.443 e. The van der Waals surface area contributed by atoms with Crippen molar-refractivity contribution in [3.05, 3.63) is 48.0 Å². The molecular weight excluding hydrogens is 804 g/mol. The smallest absolute Gasteiger partial charge is 0.414 e. The molecule has 0 unspecified atom stereocenters. The monoisotopic (exact) mass is 844 g/mol. The number of nitrogens with zero attached hydrogens (tertiary/aromatic N) is 4. The maximum atomic E-state index is 14.7. The first-order valence-corrected chi connectivity index (χ1v) is 20.8. The Morgan fingerprint density at radius 1 is 0.778 bits per heavy atom. The molecule has 2 aromatic rings. The number of thiocarbonyl (C=S) groups is 1. The second kappa shape index (κ2) is 18.3. The van der Waals surface area contributed by atoms with Crippen molar-refractivity contribution in [1.29, 1.82) is 0 Å². The molecule has 0 radical (unpaired) electrons. The lowest BCUT2D eigenvalue weighted by Crippen LogP contribution is -2.36. The number of nitrogens with two attached hydrogens (primary N) is 1. The van der Waals surface area contributed by atoms with Gasteiger partial charge in [0.1, 0.15) is 28.8 Å². The number of hydrogen-bond acceptors (Lipinski definition) is 12. The molecule has 0 bridgehead atoms. The molecule has 14 nitrogen and oxygen atoms in total. The quantitative estimate of drug-likeness (QED) is 0.294. The Hall–Kier alpha value is -3.66. The average molecular weight is 845 g/mol. The van der Waals surface area contributed by atoms with E-state index in [2.05, 4.69) is 17.5 Å². The van der Waals surface area contributed by atoms with Gasteiger partial charge in [0.2, 0.25) is 0 Å². The number of carbonyl (C=O) groups excluding carboxylic acids is 2. The number of nitrogens with one attached hydrogen (secondary N) is 1. The van der Waals surface area contributed by atoms with Gasteiger partial charge < -0.3 is 30.3 Å². The van der Waals surface area contributed by atoms with Crippen LogP contribution in [0.5, 0.6) is 0 Å². The summed E-state index contributed by atoms with van der Waals surface area (Å²) in [5.41, 5.74) is 6.76. The van der Waals surface area contributed by atoms with Gasteiger partial charge in [0.15, 0.2) is 19.7 Å². The third-order valence-electron chi connectivity index (χ3n) is 8.99. The van der Waals surface area contributed by atoms with Crippen LogP contribution in [-0.2, 0) is 29.1 Å². The lowest BCUT2D eigenvalue weighted by Gasteiger charge is -2.23. The molecular formula is C32H41ClF4N6O8S3. The number of amides is 2. The van der Waals surface area contributed by atoms with Crippen LogP contribution in [0.25, 0.3) is 0 Å². The van der Waals surface area contributed by atoms with E-state index >= 15 is 0 Å². The fourth-order valence-electron chi connectivity index (χ4n) is 6.18. The highest BCUT2D eigenvalue weighted by atomic mass is 35.5. The molecule has 4 aliphatic rings. The fourth-order valence-corrected chi connectivity index (χ4v) is 8.81. The third-order valence-corrected chi connectivity index (χ3v) is 12.7. The molecule has 0 saturated carbocycles. The highest BCUT2D eigenvalue weighted by Crippen LogP contribution is 2.30. The number of anilines is 4. The summed E-state index contributed by atoms with van der Waals surface area (Å²) in [4.78, 5) is 29.2. The largest absolute Gasteiger partial charge is 0.443 e. The number of cyclic esters (lactones) is 2. The van der Waals surface area contributed by atoms with Crippen molar-refractivity contribution in [2.24, 2.45) is 5.73 Å². The first kappa shape index (κ1) is 43.1. The molecule has 0 aromatic heterocycles. The fraction of sp³-hybridized carbons (Fsp3) is 0.531. The Labute approximate surface area is 322 Å². The molecule has 6 rings (SSSR count). The average Bonchev–Trinajstić information content (AvgIpc) is 3.55. The van der Waals surface area contributed by atoms with Crippen LogP contribution in [0, 0.1) is 11.6 Å². The number of ether oxygens (including phenoxy) is 2. The first-order chi connectivity index (χ1) is 25.1. The van der Waals surface area contributed by atoms with Crippen molar-refractivity contribution < 1.29 is 53.5 Å². The highest BCUT2D eigenvalue weighted by molar-refractivity contribution is 7.91. The lowest BCUT2D eigenvalue weighted by molar-refractivity contribution is 0.141. The predicted molar refractivity (Wildman–Crippen MR) is 202 cm³/mol. The van der Waals surface area contributed by atoms with Crippen LogP contribution in [-0.4, -0.2) is 128 Å². The number of halogens is 5. The SMILES string of the molecule is Cl.NC[C@H]1CN(c2ccc(N3CCCS(=O)(=O)CC3)c(F)c2)C(=O)O1.O=C1O[C@@H](CNC(=S)C(F)F)CN1c1ccc(N2CCCS(=O)(=O)CC2)c(F)c1. The van der Waals surface area contributed by atoms with E-state index in [4.69, 9.17) is 15.2 Å². The van der Waals surface area contributed by atoms with Gasteiger partial charge in [-0.2, -0.15) is 0 Å². The van der Waals surface area contributed by atoms with Crippen molar-refractivity contribution in [3.8, 4) is 0 Å².